The summed E-state index contributed by atoms with van der Waals surface area (Å²) in [5.74, 6) is 0.538. The van der Waals surface area contributed by atoms with Gasteiger partial charge in [0, 0.05) is 12.6 Å². The van der Waals surface area contributed by atoms with Gasteiger partial charge in [-0.15, -0.1) is 0 Å². The number of nitrogens with one attached hydrogen (secondary N) is 1. The van der Waals surface area contributed by atoms with Crippen LogP contribution >= 0.6 is 0 Å². The quantitative estimate of drug-likeness (QED) is 0.791. The Labute approximate surface area is 125 Å². The van der Waals surface area contributed by atoms with Gasteiger partial charge in [0.05, 0.1) is 0 Å². The normalized spacial score (nSPS) is 16.6. The van der Waals surface area contributed by atoms with Gasteiger partial charge in [0.25, 0.3) is 0 Å². The topological polar surface area (TPSA) is 61.8 Å². The predicted octanol–water partition coefficient (Wildman–Crippen LogP) is 2.44. The number of rotatable bonds is 6. The molecule has 5 heteroatoms. The average Bonchev–Trinajstić information content (AvgIpc) is 2.89. The fraction of sp³-hybridized carbons (Fsp3) is 0.562. The number of nitrogens with zero attached hydrogens (tertiary/aromatic N) is 1. The number of amides is 1. The molecule has 0 fully saturated rings. The van der Waals surface area contributed by atoms with Crippen molar-refractivity contribution in [1.29, 1.82) is 0 Å². The lowest BCUT2D eigenvalue weighted by Gasteiger charge is -2.18. The molecule has 2 N–H and O–H groups in total. The van der Waals surface area contributed by atoms with E-state index in [1.54, 1.807) is 6.92 Å². The fourth-order valence-electron chi connectivity index (χ4n) is 2.63. The zero-order valence-corrected chi connectivity index (χ0v) is 12.8. The van der Waals surface area contributed by atoms with E-state index in [2.05, 4.69) is 12.2 Å². The molecule has 5 nitrogen and oxygen atoms in total. The fourth-order valence-corrected chi connectivity index (χ4v) is 2.63. The summed E-state index contributed by atoms with van der Waals surface area (Å²) in [5.41, 5.74) is 2.54. The van der Waals surface area contributed by atoms with Crippen molar-refractivity contribution in [1.82, 2.24) is 10.2 Å². The molecule has 0 spiro atoms. The first-order valence-corrected chi connectivity index (χ1v) is 7.63. The number of hydrogen-bond acceptors (Lipinski definition) is 4. The van der Waals surface area contributed by atoms with Crippen molar-refractivity contribution < 1.29 is 14.6 Å². The highest BCUT2D eigenvalue weighted by Crippen LogP contribution is 2.33. The molecule has 1 aromatic carbocycles. The highest BCUT2D eigenvalue weighted by Gasteiger charge is 2.23. The Morgan fingerprint density at radius 2 is 2.29 bits per heavy atom. The molecule has 21 heavy (non-hydrogen) atoms. The summed E-state index contributed by atoms with van der Waals surface area (Å²) in [4.78, 5) is 13.1. The van der Waals surface area contributed by atoms with Crippen LogP contribution in [0, 0.1) is 0 Å². The largest absolute Gasteiger partial charge is 0.417 e. The lowest BCUT2D eigenvalue weighted by molar-refractivity contribution is 0.0973. The molecule has 1 atom stereocenters. The van der Waals surface area contributed by atoms with Gasteiger partial charge < -0.3 is 15.2 Å². The summed E-state index contributed by atoms with van der Waals surface area (Å²) in [7, 11) is 0. The molecule has 0 aliphatic heterocycles. The van der Waals surface area contributed by atoms with Gasteiger partial charge in [-0.2, -0.15) is 0 Å². The van der Waals surface area contributed by atoms with Crippen LogP contribution in [-0.4, -0.2) is 35.9 Å². The third-order valence-electron chi connectivity index (χ3n) is 3.85. The maximum atomic E-state index is 11.9. The lowest BCUT2D eigenvalue weighted by atomic mass is 10.1. The second kappa shape index (κ2) is 7.43. The van der Waals surface area contributed by atoms with Gasteiger partial charge in [0.2, 0.25) is 0 Å². The molecule has 116 valence electrons. The van der Waals surface area contributed by atoms with E-state index in [-0.39, 0.29) is 6.73 Å². The monoisotopic (exact) mass is 292 g/mol. The van der Waals surface area contributed by atoms with Crippen molar-refractivity contribution in [2.24, 2.45) is 0 Å². The number of aliphatic hydroxyl groups is 1. The van der Waals surface area contributed by atoms with Gasteiger partial charge in [-0.25, -0.2) is 4.79 Å². The minimum atomic E-state index is -0.518. The first-order chi connectivity index (χ1) is 10.2. The maximum absolute atomic E-state index is 11.9. The number of aryl methyl sites for hydroxylation is 1. The van der Waals surface area contributed by atoms with Crippen molar-refractivity contribution in [3.05, 3.63) is 29.3 Å². The summed E-state index contributed by atoms with van der Waals surface area (Å²) in [6.45, 7) is 5.02. The zero-order valence-electron chi connectivity index (χ0n) is 12.8. The first-order valence-electron chi connectivity index (χ1n) is 7.63. The molecule has 0 radical (unpaired) electrons. The number of carbonyl (C=O) groups is 1. The summed E-state index contributed by atoms with van der Waals surface area (Å²) in [6.07, 6.45) is 2.73. The van der Waals surface area contributed by atoms with Crippen LogP contribution in [0.25, 0.3) is 0 Å². The molecule has 1 amide bonds. The van der Waals surface area contributed by atoms with E-state index in [0.717, 1.165) is 25.8 Å². The summed E-state index contributed by atoms with van der Waals surface area (Å²) in [5, 5.41) is 12.6. The van der Waals surface area contributed by atoms with Crippen molar-refractivity contribution in [3.63, 3.8) is 0 Å². The van der Waals surface area contributed by atoms with Crippen LogP contribution in [0.2, 0.25) is 0 Å². The van der Waals surface area contributed by atoms with Crippen LogP contribution in [-0.2, 0) is 6.42 Å². The molecular weight excluding hydrogens is 268 g/mol. The Morgan fingerprint density at radius 3 is 2.95 bits per heavy atom. The van der Waals surface area contributed by atoms with Crippen molar-refractivity contribution in [2.75, 3.05) is 19.8 Å². The molecule has 0 heterocycles. The molecule has 1 aromatic rings. The first kappa shape index (κ1) is 15.8. The summed E-state index contributed by atoms with van der Waals surface area (Å²) >= 11 is 0. The number of hydrogen-bond donors (Lipinski definition) is 2. The molecule has 2 rings (SSSR count). The van der Waals surface area contributed by atoms with Crippen LogP contribution in [0.5, 0.6) is 5.75 Å². The predicted molar refractivity (Wildman–Crippen MR) is 81.3 cm³/mol. The van der Waals surface area contributed by atoms with E-state index < -0.39 is 6.09 Å². The number of ether oxygens (including phenoxy) is 1. The van der Waals surface area contributed by atoms with Gasteiger partial charge in [0.15, 0.2) is 0 Å². The average molecular weight is 292 g/mol. The number of aliphatic hydroxyl groups excluding tert-OH is 1. The van der Waals surface area contributed by atoms with Gasteiger partial charge in [0.1, 0.15) is 12.5 Å². The zero-order chi connectivity index (χ0) is 15.2. The molecule has 1 unspecified atom stereocenters. The third-order valence-corrected chi connectivity index (χ3v) is 3.85. The summed E-state index contributed by atoms with van der Waals surface area (Å²) < 4.78 is 5.34. The van der Waals surface area contributed by atoms with Crippen LogP contribution < -0.4 is 10.1 Å². The smallest absolute Gasteiger partial charge is 0.410 e. The van der Waals surface area contributed by atoms with Gasteiger partial charge >= 0.3 is 6.09 Å². The SMILES string of the molecule is CCCNC1CCc2ccc(OC(=O)N(CC)CO)cc21. The number of fused-ring (bicyclic) bond motifs is 1. The Kier molecular flexibility index (Phi) is 5.59. The number of carbonyl (C=O) groups excluding carboxylic acids is 1. The molecule has 0 saturated heterocycles. The van der Waals surface area contributed by atoms with Crippen molar-refractivity contribution >= 4 is 6.09 Å². The highest BCUT2D eigenvalue weighted by atomic mass is 16.6. The van der Waals surface area contributed by atoms with Gasteiger partial charge in [-0.3, -0.25) is 4.90 Å². The van der Waals surface area contributed by atoms with Gasteiger partial charge in [-0.1, -0.05) is 13.0 Å². The standard InChI is InChI=1S/C16H24N2O3/c1-3-9-17-15-8-6-12-5-7-13(10-14(12)15)21-16(20)18(4-2)11-19/h5,7,10,15,17,19H,3-4,6,8-9,11H2,1-2H3. The third kappa shape index (κ3) is 3.74. The second-order valence-corrected chi connectivity index (χ2v) is 5.27. The van der Waals surface area contributed by atoms with Crippen LogP contribution in [0.4, 0.5) is 4.79 Å². The van der Waals surface area contributed by atoms with Crippen molar-refractivity contribution in [3.8, 4) is 5.75 Å². The molecule has 0 bridgehead atoms. The lowest BCUT2D eigenvalue weighted by Crippen LogP contribution is -2.34. The Hall–Kier alpha value is -1.59. The maximum Gasteiger partial charge on any atom is 0.417 e. The second-order valence-electron chi connectivity index (χ2n) is 5.27. The molecule has 1 aliphatic carbocycles. The minimum Gasteiger partial charge on any atom is -0.410 e. The summed E-state index contributed by atoms with van der Waals surface area (Å²) in [6, 6.07) is 6.14. The van der Waals surface area contributed by atoms with E-state index in [4.69, 9.17) is 9.84 Å². The highest BCUT2D eigenvalue weighted by molar-refractivity contribution is 5.70. The number of benzene rings is 1. The van der Waals surface area contributed by atoms with E-state index in [0.29, 0.717) is 18.3 Å². The van der Waals surface area contributed by atoms with E-state index in [1.165, 1.54) is 16.0 Å². The Morgan fingerprint density at radius 1 is 1.48 bits per heavy atom. The molecule has 1 aliphatic rings. The Bertz CT molecular complexity index is 486. The van der Waals surface area contributed by atoms with E-state index in [1.807, 2.05) is 18.2 Å². The van der Waals surface area contributed by atoms with Gasteiger partial charge in [-0.05, 0) is 56.0 Å². The van der Waals surface area contributed by atoms with E-state index >= 15 is 0 Å². The molecule has 0 aromatic heterocycles. The van der Waals surface area contributed by atoms with Crippen LogP contribution in [0.15, 0.2) is 18.2 Å². The minimum absolute atomic E-state index is 0.332. The van der Waals surface area contributed by atoms with E-state index in [9.17, 15) is 4.79 Å². The molecule has 0 saturated carbocycles. The van der Waals surface area contributed by atoms with Crippen LogP contribution in [0.3, 0.4) is 0 Å². The Balaban J connectivity index is 2.08. The molecular formula is C16H24N2O3. The van der Waals surface area contributed by atoms with Crippen LogP contribution in [0.1, 0.15) is 43.9 Å². The van der Waals surface area contributed by atoms with Crippen molar-refractivity contribution in [2.45, 2.75) is 39.2 Å².